The number of nitrogens with zero attached hydrogens (tertiary/aromatic N) is 3. The van der Waals surface area contributed by atoms with Gasteiger partial charge in [0.1, 0.15) is 21.9 Å². The number of thioether (sulfide) groups is 1. The Hall–Kier alpha value is -2.64. The molecule has 1 aromatic carbocycles. The average Bonchev–Trinajstić information content (AvgIpc) is 3.45. The van der Waals surface area contributed by atoms with Crippen molar-refractivity contribution in [1.29, 1.82) is 0 Å². The normalized spacial score (nSPS) is 13.0. The second-order valence-electron chi connectivity index (χ2n) is 7.75. The second kappa shape index (κ2) is 8.13. The van der Waals surface area contributed by atoms with E-state index >= 15 is 0 Å². The number of methoxy groups -OCH3 is 1. The Morgan fingerprint density at radius 2 is 2.00 bits per heavy atom. The van der Waals surface area contributed by atoms with Crippen LogP contribution in [0.3, 0.4) is 0 Å². The summed E-state index contributed by atoms with van der Waals surface area (Å²) in [5, 5.41) is 2.10. The Morgan fingerprint density at radius 3 is 2.77 bits per heavy atom. The van der Waals surface area contributed by atoms with Crippen molar-refractivity contribution in [2.75, 3.05) is 12.9 Å². The van der Waals surface area contributed by atoms with Crippen LogP contribution in [0.15, 0.2) is 41.7 Å². The highest BCUT2D eigenvalue weighted by atomic mass is 32.2. The van der Waals surface area contributed by atoms with E-state index in [0.717, 1.165) is 51.1 Å². The number of carbonyl (C=O) groups excluding carboxylic acids is 1. The van der Waals surface area contributed by atoms with Gasteiger partial charge in [0, 0.05) is 32.9 Å². The zero-order valence-electron chi connectivity index (χ0n) is 17.8. The first-order chi connectivity index (χ1) is 15.1. The molecule has 0 saturated carbocycles. The third kappa shape index (κ3) is 3.55. The minimum absolute atomic E-state index is 0.122. The van der Waals surface area contributed by atoms with Crippen molar-refractivity contribution in [3.05, 3.63) is 64.1 Å². The molecule has 0 N–H and O–H groups in total. The molecule has 0 bridgehead atoms. The van der Waals surface area contributed by atoms with Crippen molar-refractivity contribution < 1.29 is 9.53 Å². The van der Waals surface area contributed by atoms with Gasteiger partial charge in [0.2, 0.25) is 0 Å². The number of benzene rings is 1. The van der Waals surface area contributed by atoms with Gasteiger partial charge in [-0.15, -0.1) is 11.3 Å². The molecule has 1 aliphatic rings. The lowest BCUT2D eigenvalue weighted by molar-refractivity contribution is 0.102. The Kier molecular flexibility index (Phi) is 5.32. The van der Waals surface area contributed by atoms with E-state index in [1.807, 2.05) is 44.2 Å². The number of aryl methyl sites for hydroxylation is 3. The van der Waals surface area contributed by atoms with E-state index in [4.69, 9.17) is 4.74 Å². The summed E-state index contributed by atoms with van der Waals surface area (Å²) in [7, 11) is 1.66. The first-order valence-corrected chi connectivity index (χ1v) is 12.1. The molecule has 4 aromatic rings. The molecule has 5 nitrogen and oxygen atoms in total. The number of hydrogen-bond donors (Lipinski definition) is 0. The molecule has 3 heterocycles. The summed E-state index contributed by atoms with van der Waals surface area (Å²) in [6.45, 7) is 4.04. The highest BCUT2D eigenvalue weighted by molar-refractivity contribution is 8.00. The monoisotopic (exact) mass is 449 g/mol. The molecular weight excluding hydrogens is 426 g/mol. The topological polar surface area (TPSA) is 57.0 Å². The van der Waals surface area contributed by atoms with Gasteiger partial charge in [-0.1, -0.05) is 11.8 Å². The van der Waals surface area contributed by atoms with E-state index in [1.54, 1.807) is 24.8 Å². The molecule has 31 heavy (non-hydrogen) atoms. The number of hydrogen-bond acceptors (Lipinski definition) is 6. The van der Waals surface area contributed by atoms with Crippen LogP contribution in [0.25, 0.3) is 15.9 Å². The van der Waals surface area contributed by atoms with Gasteiger partial charge in [0.25, 0.3) is 0 Å². The fourth-order valence-corrected chi connectivity index (χ4v) is 6.60. The van der Waals surface area contributed by atoms with Crippen molar-refractivity contribution in [3.8, 4) is 11.4 Å². The van der Waals surface area contributed by atoms with Crippen molar-refractivity contribution in [1.82, 2.24) is 14.5 Å². The number of aromatic nitrogens is 3. The van der Waals surface area contributed by atoms with Gasteiger partial charge in [0.15, 0.2) is 5.78 Å². The highest BCUT2D eigenvalue weighted by Gasteiger charge is 2.23. The summed E-state index contributed by atoms with van der Waals surface area (Å²) in [5.74, 6) is 1.30. The molecule has 0 fully saturated rings. The van der Waals surface area contributed by atoms with E-state index < -0.39 is 0 Å². The summed E-state index contributed by atoms with van der Waals surface area (Å²) in [6, 6.07) is 9.88. The maximum Gasteiger partial charge on any atom is 0.174 e. The van der Waals surface area contributed by atoms with Crippen LogP contribution in [0.4, 0.5) is 0 Å². The maximum atomic E-state index is 13.1. The summed E-state index contributed by atoms with van der Waals surface area (Å²) >= 11 is 3.31. The van der Waals surface area contributed by atoms with Crippen molar-refractivity contribution >= 4 is 39.1 Å². The van der Waals surface area contributed by atoms with E-state index in [0.29, 0.717) is 5.75 Å². The standard InChI is InChI=1S/C24H23N3O2S2/c1-14-11-19(15(2)27(14)16-7-9-17(29-3)10-8-16)20(28)12-30-23-22-18-5-4-6-21(18)31-24(22)26-13-25-23/h7-11,13H,4-6,12H2,1-3H3. The van der Waals surface area contributed by atoms with Crippen molar-refractivity contribution in [2.45, 2.75) is 38.1 Å². The van der Waals surface area contributed by atoms with Gasteiger partial charge in [-0.05, 0) is 69.0 Å². The van der Waals surface area contributed by atoms with E-state index in [2.05, 4.69) is 14.5 Å². The molecule has 0 spiro atoms. The molecule has 0 saturated heterocycles. The number of fused-ring (bicyclic) bond motifs is 3. The Labute approximate surface area is 189 Å². The lowest BCUT2D eigenvalue weighted by Gasteiger charge is -2.10. The number of carbonyl (C=O) groups is 1. The minimum atomic E-state index is 0.122. The zero-order chi connectivity index (χ0) is 21.5. The quantitative estimate of drug-likeness (QED) is 0.219. The molecule has 0 atom stereocenters. The van der Waals surface area contributed by atoms with E-state index in [9.17, 15) is 4.79 Å². The van der Waals surface area contributed by atoms with Crippen molar-refractivity contribution in [2.24, 2.45) is 0 Å². The first-order valence-electron chi connectivity index (χ1n) is 10.3. The molecule has 158 valence electrons. The van der Waals surface area contributed by atoms with Crippen LogP contribution in [-0.2, 0) is 12.8 Å². The minimum Gasteiger partial charge on any atom is -0.497 e. The van der Waals surface area contributed by atoms with Gasteiger partial charge in [-0.2, -0.15) is 0 Å². The second-order valence-corrected chi connectivity index (χ2v) is 9.79. The van der Waals surface area contributed by atoms with Crippen LogP contribution in [0.1, 0.15) is 38.6 Å². The summed E-state index contributed by atoms with van der Waals surface area (Å²) < 4.78 is 7.38. The first kappa shape index (κ1) is 20.3. The smallest absolute Gasteiger partial charge is 0.174 e. The van der Waals surface area contributed by atoms with Crippen LogP contribution in [-0.4, -0.2) is 33.2 Å². The Balaban J connectivity index is 1.40. The van der Waals surface area contributed by atoms with Crippen molar-refractivity contribution in [3.63, 3.8) is 0 Å². The lowest BCUT2D eigenvalue weighted by Crippen LogP contribution is -2.06. The Bertz CT molecular complexity index is 1290. The predicted octanol–water partition coefficient (Wildman–Crippen LogP) is 5.57. The summed E-state index contributed by atoms with van der Waals surface area (Å²) in [6.07, 6.45) is 5.05. The summed E-state index contributed by atoms with van der Waals surface area (Å²) in [4.78, 5) is 24.6. The van der Waals surface area contributed by atoms with Crippen LogP contribution < -0.4 is 4.74 Å². The lowest BCUT2D eigenvalue weighted by atomic mass is 10.2. The number of Topliss-reactive ketones (excluding diaryl/α,β-unsaturated/α-hetero) is 1. The molecule has 5 rings (SSSR count). The fourth-order valence-electron chi connectivity index (χ4n) is 4.39. The third-order valence-electron chi connectivity index (χ3n) is 5.87. The number of ketones is 1. The molecule has 3 aromatic heterocycles. The molecule has 0 aliphatic heterocycles. The van der Waals surface area contributed by atoms with Crippen LogP contribution in [0.5, 0.6) is 5.75 Å². The zero-order valence-corrected chi connectivity index (χ0v) is 19.4. The highest BCUT2D eigenvalue weighted by Crippen LogP contribution is 2.40. The molecule has 7 heteroatoms. The SMILES string of the molecule is COc1ccc(-n2c(C)cc(C(=O)CSc3ncnc4sc5c(c34)CCC5)c2C)cc1. The largest absolute Gasteiger partial charge is 0.497 e. The van der Waals surface area contributed by atoms with Gasteiger partial charge in [-0.3, -0.25) is 4.79 Å². The van der Waals surface area contributed by atoms with Crippen LogP contribution in [0, 0.1) is 13.8 Å². The number of ether oxygens (including phenoxy) is 1. The Morgan fingerprint density at radius 1 is 1.19 bits per heavy atom. The van der Waals surface area contributed by atoms with Crippen LogP contribution >= 0.6 is 23.1 Å². The fraction of sp³-hybridized carbons (Fsp3) is 0.292. The van der Waals surface area contributed by atoms with Gasteiger partial charge < -0.3 is 9.30 Å². The predicted molar refractivity (Wildman–Crippen MR) is 126 cm³/mol. The molecule has 0 unspecified atom stereocenters. The molecular formula is C24H23N3O2S2. The van der Waals surface area contributed by atoms with E-state index in [-0.39, 0.29) is 5.78 Å². The number of rotatable bonds is 6. The summed E-state index contributed by atoms with van der Waals surface area (Å²) in [5.41, 5.74) is 5.18. The molecule has 0 radical (unpaired) electrons. The van der Waals surface area contributed by atoms with Gasteiger partial charge in [0.05, 0.1) is 12.9 Å². The van der Waals surface area contributed by atoms with Gasteiger partial charge >= 0.3 is 0 Å². The van der Waals surface area contributed by atoms with Crippen LogP contribution in [0.2, 0.25) is 0 Å². The number of thiophene rings is 1. The molecule has 0 amide bonds. The third-order valence-corrected chi connectivity index (χ3v) is 8.06. The molecule has 1 aliphatic carbocycles. The maximum absolute atomic E-state index is 13.1. The van der Waals surface area contributed by atoms with E-state index in [1.165, 1.54) is 34.0 Å². The average molecular weight is 450 g/mol. The van der Waals surface area contributed by atoms with Gasteiger partial charge in [-0.25, -0.2) is 9.97 Å².